The van der Waals surface area contributed by atoms with Crippen molar-refractivity contribution in [2.45, 2.75) is 19.6 Å². The summed E-state index contributed by atoms with van der Waals surface area (Å²) in [5.41, 5.74) is 0.271. The van der Waals surface area contributed by atoms with Crippen molar-refractivity contribution < 1.29 is 14.4 Å². The molecule has 0 aromatic carbocycles. The third-order valence-corrected chi connectivity index (χ3v) is 5.11. The van der Waals surface area contributed by atoms with Crippen molar-refractivity contribution in [2.24, 2.45) is 0 Å². The Balaban J connectivity index is 1.61. The molecule has 1 atom stereocenters. The summed E-state index contributed by atoms with van der Waals surface area (Å²) in [7, 11) is 0. The van der Waals surface area contributed by atoms with Crippen LogP contribution < -0.4 is 5.32 Å². The molecule has 0 aliphatic rings. The van der Waals surface area contributed by atoms with Crippen LogP contribution in [-0.2, 0) is 6.54 Å². The van der Waals surface area contributed by atoms with Crippen molar-refractivity contribution in [1.29, 1.82) is 0 Å². The molecular weight excluding hydrogens is 320 g/mol. The number of nitrogens with zero attached hydrogens (tertiary/aromatic N) is 1. The van der Waals surface area contributed by atoms with Gasteiger partial charge in [0, 0.05) is 20.7 Å². The Kier molecular flexibility index (Phi) is 4.37. The van der Waals surface area contributed by atoms with Gasteiger partial charge in [-0.1, -0.05) is 11.2 Å². The third-order valence-electron chi connectivity index (χ3n) is 3.05. The van der Waals surface area contributed by atoms with E-state index in [1.165, 1.54) is 22.7 Å². The van der Waals surface area contributed by atoms with Gasteiger partial charge in [0.15, 0.2) is 5.69 Å². The van der Waals surface area contributed by atoms with Gasteiger partial charge < -0.3 is 14.9 Å². The molecular formula is C15H14N2O3S2. The van der Waals surface area contributed by atoms with Gasteiger partial charge in [-0.2, -0.15) is 0 Å². The van der Waals surface area contributed by atoms with Crippen LogP contribution in [0, 0.1) is 6.92 Å². The molecule has 1 amide bonds. The number of carbonyl (C=O) groups is 1. The minimum Gasteiger partial charge on any atom is -0.382 e. The van der Waals surface area contributed by atoms with Crippen LogP contribution in [0.15, 0.2) is 40.2 Å². The van der Waals surface area contributed by atoms with Gasteiger partial charge in [-0.3, -0.25) is 4.79 Å². The van der Waals surface area contributed by atoms with Crippen LogP contribution in [0.4, 0.5) is 0 Å². The lowest BCUT2D eigenvalue weighted by atomic mass is 10.2. The van der Waals surface area contributed by atoms with E-state index in [1.807, 2.05) is 29.6 Å². The number of thiophene rings is 2. The fourth-order valence-corrected chi connectivity index (χ4v) is 3.71. The lowest BCUT2D eigenvalue weighted by molar-refractivity contribution is 0.0942. The second-order valence-corrected chi connectivity index (χ2v) is 6.91. The third kappa shape index (κ3) is 3.27. The first-order valence-electron chi connectivity index (χ1n) is 6.65. The van der Waals surface area contributed by atoms with Gasteiger partial charge in [-0.15, -0.1) is 22.7 Å². The van der Waals surface area contributed by atoms with Crippen molar-refractivity contribution in [3.63, 3.8) is 0 Å². The standard InChI is InChI=1S/C15H14N2O3S2/c1-9-7-11(17-20-9)15(19)16-8-10-4-5-13(22-10)14(18)12-3-2-6-21-12/h2-7,14,18H,8H2,1H3,(H,16,19). The molecule has 3 aromatic heterocycles. The highest BCUT2D eigenvalue weighted by molar-refractivity contribution is 7.12. The molecule has 0 fully saturated rings. The molecule has 3 aromatic rings. The number of aliphatic hydroxyl groups is 1. The van der Waals surface area contributed by atoms with Crippen molar-refractivity contribution in [1.82, 2.24) is 10.5 Å². The van der Waals surface area contributed by atoms with E-state index in [-0.39, 0.29) is 11.6 Å². The SMILES string of the molecule is Cc1cc(C(=O)NCc2ccc(C(O)c3cccs3)s2)no1. The highest BCUT2D eigenvalue weighted by Gasteiger charge is 2.15. The number of hydrogen-bond donors (Lipinski definition) is 2. The Morgan fingerprint density at radius 1 is 1.41 bits per heavy atom. The maximum absolute atomic E-state index is 11.9. The molecule has 114 valence electrons. The highest BCUT2D eigenvalue weighted by atomic mass is 32.1. The van der Waals surface area contributed by atoms with Gasteiger partial charge in [0.05, 0.1) is 6.54 Å². The smallest absolute Gasteiger partial charge is 0.273 e. The topological polar surface area (TPSA) is 75.4 Å². The molecule has 0 spiro atoms. The van der Waals surface area contributed by atoms with Gasteiger partial charge in [0.25, 0.3) is 5.91 Å². The Labute approximate surface area is 135 Å². The number of amides is 1. The Morgan fingerprint density at radius 2 is 2.27 bits per heavy atom. The van der Waals surface area contributed by atoms with Crippen molar-refractivity contribution in [3.05, 3.63) is 61.8 Å². The molecule has 3 heterocycles. The quantitative estimate of drug-likeness (QED) is 0.752. The predicted octanol–water partition coefficient (Wildman–Crippen LogP) is 3.12. The number of aliphatic hydroxyl groups excluding tert-OH is 1. The van der Waals surface area contributed by atoms with Crippen molar-refractivity contribution in [3.8, 4) is 0 Å². The lowest BCUT2D eigenvalue weighted by Crippen LogP contribution is -2.22. The van der Waals surface area contributed by atoms with Crippen molar-refractivity contribution >= 4 is 28.6 Å². The van der Waals surface area contributed by atoms with Crippen LogP contribution in [0.2, 0.25) is 0 Å². The summed E-state index contributed by atoms with van der Waals surface area (Å²) in [4.78, 5) is 14.6. The number of hydrogen-bond acceptors (Lipinski definition) is 6. The highest BCUT2D eigenvalue weighted by Crippen LogP contribution is 2.30. The predicted molar refractivity (Wildman–Crippen MR) is 85.1 cm³/mol. The summed E-state index contributed by atoms with van der Waals surface area (Å²) in [5, 5.41) is 18.7. The van der Waals surface area contributed by atoms with Gasteiger partial charge in [-0.05, 0) is 30.5 Å². The summed E-state index contributed by atoms with van der Waals surface area (Å²) in [6.07, 6.45) is -0.604. The lowest BCUT2D eigenvalue weighted by Gasteiger charge is -2.05. The van der Waals surface area contributed by atoms with E-state index in [0.29, 0.717) is 12.3 Å². The Hall–Kier alpha value is -1.96. The van der Waals surface area contributed by atoms with Crippen LogP contribution in [0.5, 0.6) is 0 Å². The molecule has 0 saturated carbocycles. The minimum atomic E-state index is -0.604. The summed E-state index contributed by atoms with van der Waals surface area (Å²) >= 11 is 3.00. The molecule has 22 heavy (non-hydrogen) atoms. The summed E-state index contributed by atoms with van der Waals surface area (Å²) in [6, 6.07) is 9.21. The minimum absolute atomic E-state index is 0.271. The van der Waals surface area contributed by atoms with Crippen LogP contribution in [-0.4, -0.2) is 16.2 Å². The molecule has 1 unspecified atom stereocenters. The zero-order chi connectivity index (χ0) is 15.5. The molecule has 3 rings (SSSR count). The van der Waals surface area contributed by atoms with Crippen LogP contribution in [0.3, 0.4) is 0 Å². The van der Waals surface area contributed by atoms with Crippen molar-refractivity contribution in [2.75, 3.05) is 0 Å². The van der Waals surface area contributed by atoms with Gasteiger partial charge >= 0.3 is 0 Å². The average molecular weight is 334 g/mol. The first kappa shape index (κ1) is 15.0. The molecule has 0 radical (unpaired) electrons. The van der Waals surface area contributed by atoms with E-state index in [0.717, 1.165) is 14.6 Å². The summed E-state index contributed by atoms with van der Waals surface area (Å²) in [5.74, 6) is 0.327. The maximum atomic E-state index is 11.9. The number of aromatic nitrogens is 1. The molecule has 7 heteroatoms. The number of nitrogens with one attached hydrogen (secondary N) is 1. The molecule has 0 saturated heterocycles. The normalized spacial score (nSPS) is 12.3. The summed E-state index contributed by atoms with van der Waals surface area (Å²) < 4.78 is 4.87. The van der Waals surface area contributed by atoms with E-state index < -0.39 is 6.10 Å². The zero-order valence-corrected chi connectivity index (χ0v) is 13.4. The first-order chi connectivity index (χ1) is 10.6. The molecule has 0 aliphatic carbocycles. The van der Waals surface area contributed by atoms with Crippen LogP contribution >= 0.6 is 22.7 Å². The van der Waals surface area contributed by atoms with E-state index in [1.54, 1.807) is 13.0 Å². The molecule has 0 aliphatic heterocycles. The molecule has 5 nitrogen and oxygen atoms in total. The van der Waals surface area contributed by atoms with Gasteiger partial charge in [0.2, 0.25) is 0 Å². The molecule has 0 bridgehead atoms. The van der Waals surface area contributed by atoms with Crippen LogP contribution in [0.25, 0.3) is 0 Å². The van der Waals surface area contributed by atoms with Gasteiger partial charge in [0.1, 0.15) is 11.9 Å². The summed E-state index contributed by atoms with van der Waals surface area (Å²) in [6.45, 7) is 2.13. The largest absolute Gasteiger partial charge is 0.382 e. The number of aryl methyl sites for hydroxylation is 1. The van der Waals surface area contributed by atoms with Crippen LogP contribution in [0.1, 0.15) is 37.0 Å². The number of carbonyl (C=O) groups excluding carboxylic acids is 1. The Bertz CT molecular complexity index is 761. The molecule has 2 N–H and O–H groups in total. The van der Waals surface area contributed by atoms with E-state index >= 15 is 0 Å². The number of rotatable bonds is 5. The zero-order valence-electron chi connectivity index (χ0n) is 11.8. The second kappa shape index (κ2) is 6.43. The monoisotopic (exact) mass is 334 g/mol. The first-order valence-corrected chi connectivity index (χ1v) is 8.34. The second-order valence-electron chi connectivity index (χ2n) is 4.73. The average Bonchev–Trinajstić information content (AvgIpc) is 3.25. The fourth-order valence-electron chi connectivity index (χ4n) is 1.95. The van der Waals surface area contributed by atoms with E-state index in [9.17, 15) is 9.90 Å². The van der Waals surface area contributed by atoms with Gasteiger partial charge in [-0.25, -0.2) is 0 Å². The Morgan fingerprint density at radius 3 is 2.95 bits per heavy atom. The van der Waals surface area contributed by atoms with E-state index in [2.05, 4.69) is 10.5 Å². The van der Waals surface area contributed by atoms with E-state index in [4.69, 9.17) is 4.52 Å². The maximum Gasteiger partial charge on any atom is 0.273 e. The fraction of sp³-hybridized carbons (Fsp3) is 0.200.